The van der Waals surface area contributed by atoms with Crippen LogP contribution in [0.5, 0.6) is 0 Å². The van der Waals surface area contributed by atoms with Crippen molar-refractivity contribution >= 4 is 0 Å². The van der Waals surface area contributed by atoms with Gasteiger partial charge in [0.25, 0.3) is 0 Å². The molecular formula is C13H15NO. The molecule has 0 radical (unpaired) electrons. The van der Waals surface area contributed by atoms with Crippen LogP contribution in [0.3, 0.4) is 0 Å². The highest BCUT2D eigenvalue weighted by atomic mass is 16.4. The van der Waals surface area contributed by atoms with Crippen molar-refractivity contribution in [3.05, 3.63) is 42.3 Å². The summed E-state index contributed by atoms with van der Waals surface area (Å²) in [7, 11) is 0. The Kier molecular flexibility index (Phi) is 3.18. The van der Waals surface area contributed by atoms with E-state index >= 15 is 0 Å². The first-order valence-corrected chi connectivity index (χ1v) is 5.40. The highest BCUT2D eigenvalue weighted by Crippen LogP contribution is 2.19. The van der Waals surface area contributed by atoms with Gasteiger partial charge in [-0.15, -0.1) is 0 Å². The molecule has 2 nitrogen and oxygen atoms in total. The minimum absolute atomic E-state index is 0.724. The highest BCUT2D eigenvalue weighted by Gasteiger charge is 2.04. The lowest BCUT2D eigenvalue weighted by molar-refractivity contribution is 0.508. The number of benzene rings is 1. The number of rotatable bonds is 4. The van der Waals surface area contributed by atoms with Gasteiger partial charge in [0.2, 0.25) is 5.89 Å². The van der Waals surface area contributed by atoms with Gasteiger partial charge in [-0.3, -0.25) is 0 Å². The van der Waals surface area contributed by atoms with Gasteiger partial charge in [-0.25, -0.2) is 4.98 Å². The van der Waals surface area contributed by atoms with Gasteiger partial charge in [-0.2, -0.15) is 0 Å². The van der Waals surface area contributed by atoms with Crippen molar-refractivity contribution in [2.75, 3.05) is 0 Å². The molecule has 0 aliphatic carbocycles. The highest BCUT2D eigenvalue weighted by molar-refractivity contribution is 5.52. The summed E-state index contributed by atoms with van der Waals surface area (Å²) in [6.45, 7) is 2.18. The summed E-state index contributed by atoms with van der Waals surface area (Å²) >= 11 is 0. The zero-order valence-electron chi connectivity index (χ0n) is 8.94. The number of aryl methyl sites for hydroxylation is 1. The standard InChI is InChI=1S/C13H15NO/c1-2-3-9-12-10-14-13(15-12)11-7-5-4-6-8-11/h4-8,10H,2-3,9H2,1H3. The van der Waals surface area contributed by atoms with E-state index in [4.69, 9.17) is 4.42 Å². The van der Waals surface area contributed by atoms with Gasteiger partial charge in [0.05, 0.1) is 6.20 Å². The Morgan fingerprint density at radius 3 is 2.73 bits per heavy atom. The zero-order chi connectivity index (χ0) is 10.5. The van der Waals surface area contributed by atoms with Gasteiger partial charge >= 0.3 is 0 Å². The van der Waals surface area contributed by atoms with E-state index in [2.05, 4.69) is 11.9 Å². The number of unbranched alkanes of at least 4 members (excludes halogenated alkanes) is 1. The Bertz CT molecular complexity index is 405. The molecular weight excluding hydrogens is 186 g/mol. The maximum Gasteiger partial charge on any atom is 0.226 e. The Morgan fingerprint density at radius 1 is 1.20 bits per heavy atom. The molecule has 0 bridgehead atoms. The second-order valence-electron chi connectivity index (χ2n) is 3.60. The molecule has 0 spiro atoms. The van der Waals surface area contributed by atoms with Crippen LogP contribution in [0.15, 0.2) is 40.9 Å². The van der Waals surface area contributed by atoms with Crippen molar-refractivity contribution in [1.29, 1.82) is 0 Å². The first kappa shape index (κ1) is 9.97. The molecule has 0 fully saturated rings. The number of oxazole rings is 1. The zero-order valence-corrected chi connectivity index (χ0v) is 8.94. The maximum absolute atomic E-state index is 5.66. The van der Waals surface area contributed by atoms with Crippen molar-refractivity contribution in [2.24, 2.45) is 0 Å². The van der Waals surface area contributed by atoms with Crippen molar-refractivity contribution in [1.82, 2.24) is 4.98 Å². The largest absolute Gasteiger partial charge is 0.441 e. The van der Waals surface area contributed by atoms with Crippen LogP contribution in [-0.4, -0.2) is 4.98 Å². The Balaban J connectivity index is 2.14. The molecule has 1 aromatic heterocycles. The number of nitrogens with zero attached hydrogens (tertiary/aromatic N) is 1. The van der Waals surface area contributed by atoms with Gasteiger partial charge in [0.1, 0.15) is 5.76 Å². The van der Waals surface area contributed by atoms with E-state index in [9.17, 15) is 0 Å². The van der Waals surface area contributed by atoms with Gasteiger partial charge in [-0.1, -0.05) is 31.5 Å². The fourth-order valence-corrected chi connectivity index (χ4v) is 1.49. The third kappa shape index (κ3) is 2.46. The monoisotopic (exact) mass is 201 g/mol. The molecule has 1 aromatic carbocycles. The van der Waals surface area contributed by atoms with Gasteiger partial charge in [0.15, 0.2) is 0 Å². The summed E-state index contributed by atoms with van der Waals surface area (Å²) in [6.07, 6.45) is 5.15. The first-order valence-electron chi connectivity index (χ1n) is 5.40. The Labute approximate surface area is 90.0 Å². The molecule has 15 heavy (non-hydrogen) atoms. The third-order valence-corrected chi connectivity index (χ3v) is 2.35. The molecule has 0 aliphatic rings. The molecule has 2 heteroatoms. The summed E-state index contributed by atoms with van der Waals surface area (Å²) < 4.78 is 5.66. The number of hydrogen-bond donors (Lipinski definition) is 0. The number of aromatic nitrogens is 1. The lowest BCUT2D eigenvalue weighted by Gasteiger charge is -1.94. The SMILES string of the molecule is CCCCc1cnc(-c2ccccc2)o1. The van der Waals surface area contributed by atoms with Crippen LogP contribution in [-0.2, 0) is 6.42 Å². The van der Waals surface area contributed by atoms with E-state index in [1.54, 1.807) is 0 Å². The van der Waals surface area contributed by atoms with Crippen LogP contribution >= 0.6 is 0 Å². The average molecular weight is 201 g/mol. The van der Waals surface area contributed by atoms with Crippen molar-refractivity contribution in [2.45, 2.75) is 26.2 Å². The van der Waals surface area contributed by atoms with Crippen LogP contribution in [0, 0.1) is 0 Å². The number of hydrogen-bond acceptors (Lipinski definition) is 2. The average Bonchev–Trinajstić information content (AvgIpc) is 2.76. The third-order valence-electron chi connectivity index (χ3n) is 2.35. The minimum Gasteiger partial charge on any atom is -0.441 e. The minimum atomic E-state index is 0.724. The Hall–Kier alpha value is -1.57. The van der Waals surface area contributed by atoms with Crippen molar-refractivity contribution in [3.63, 3.8) is 0 Å². The smallest absolute Gasteiger partial charge is 0.226 e. The summed E-state index contributed by atoms with van der Waals surface area (Å²) in [4.78, 5) is 4.27. The van der Waals surface area contributed by atoms with E-state index in [1.807, 2.05) is 36.5 Å². The van der Waals surface area contributed by atoms with Crippen molar-refractivity contribution in [3.8, 4) is 11.5 Å². The van der Waals surface area contributed by atoms with Gasteiger partial charge in [0, 0.05) is 12.0 Å². The van der Waals surface area contributed by atoms with E-state index in [0.717, 1.165) is 30.1 Å². The molecule has 2 rings (SSSR count). The summed E-state index contributed by atoms with van der Waals surface area (Å²) in [5.74, 6) is 1.71. The van der Waals surface area contributed by atoms with E-state index < -0.39 is 0 Å². The lowest BCUT2D eigenvalue weighted by atomic mass is 10.2. The van der Waals surface area contributed by atoms with Crippen LogP contribution < -0.4 is 0 Å². The molecule has 0 atom stereocenters. The quantitative estimate of drug-likeness (QED) is 0.754. The van der Waals surface area contributed by atoms with Crippen LogP contribution in [0.4, 0.5) is 0 Å². The molecule has 1 heterocycles. The topological polar surface area (TPSA) is 26.0 Å². The molecule has 0 saturated heterocycles. The first-order chi connectivity index (χ1) is 7.40. The molecule has 0 amide bonds. The van der Waals surface area contributed by atoms with Crippen molar-refractivity contribution < 1.29 is 4.42 Å². The molecule has 2 aromatic rings. The normalized spacial score (nSPS) is 10.5. The lowest BCUT2D eigenvalue weighted by Crippen LogP contribution is -1.79. The van der Waals surface area contributed by atoms with Crippen LogP contribution in [0.1, 0.15) is 25.5 Å². The second kappa shape index (κ2) is 4.78. The predicted octanol–water partition coefficient (Wildman–Crippen LogP) is 3.68. The second-order valence-corrected chi connectivity index (χ2v) is 3.60. The molecule has 0 aliphatic heterocycles. The van der Waals surface area contributed by atoms with Crippen LogP contribution in [0.25, 0.3) is 11.5 Å². The van der Waals surface area contributed by atoms with Crippen LogP contribution in [0.2, 0.25) is 0 Å². The predicted molar refractivity (Wildman–Crippen MR) is 60.6 cm³/mol. The summed E-state index contributed by atoms with van der Waals surface area (Å²) in [5.41, 5.74) is 1.04. The fraction of sp³-hybridized carbons (Fsp3) is 0.308. The van der Waals surface area contributed by atoms with E-state index in [1.165, 1.54) is 6.42 Å². The molecule has 0 unspecified atom stereocenters. The maximum atomic E-state index is 5.66. The van der Waals surface area contributed by atoms with E-state index in [0.29, 0.717) is 0 Å². The van der Waals surface area contributed by atoms with Gasteiger partial charge in [-0.05, 0) is 18.6 Å². The molecule has 78 valence electrons. The van der Waals surface area contributed by atoms with E-state index in [-0.39, 0.29) is 0 Å². The summed E-state index contributed by atoms with van der Waals surface area (Å²) in [6, 6.07) is 9.99. The fourth-order valence-electron chi connectivity index (χ4n) is 1.49. The molecule has 0 N–H and O–H groups in total. The Morgan fingerprint density at radius 2 is 2.00 bits per heavy atom. The summed E-state index contributed by atoms with van der Waals surface area (Å²) in [5, 5.41) is 0. The van der Waals surface area contributed by atoms with Gasteiger partial charge < -0.3 is 4.42 Å². The molecule has 0 saturated carbocycles.